The first-order chi connectivity index (χ1) is 9.79. The van der Waals surface area contributed by atoms with E-state index in [9.17, 15) is 22.9 Å². The van der Waals surface area contributed by atoms with Gasteiger partial charge in [0.25, 0.3) is 10.0 Å². The lowest BCUT2D eigenvalue weighted by Crippen LogP contribution is -2.13. The number of sulfonamides is 1. The minimum atomic E-state index is -4.06. The number of nitro benzene ring substituents is 1. The highest BCUT2D eigenvalue weighted by Gasteiger charge is 2.21. The number of nitrogens with zero attached hydrogens (tertiary/aromatic N) is 1. The number of nitrogens with one attached hydrogen (secondary N) is 1. The van der Waals surface area contributed by atoms with Gasteiger partial charge in [-0.25, -0.2) is 8.42 Å². The van der Waals surface area contributed by atoms with Gasteiger partial charge in [0, 0.05) is 16.8 Å². The van der Waals surface area contributed by atoms with E-state index >= 15 is 0 Å². The number of benzene rings is 2. The molecule has 2 aromatic carbocycles. The van der Waals surface area contributed by atoms with Crippen LogP contribution in [0, 0.1) is 15.9 Å². The molecule has 0 aliphatic heterocycles. The van der Waals surface area contributed by atoms with Crippen molar-refractivity contribution in [2.24, 2.45) is 0 Å². The minimum absolute atomic E-state index is 0.228. The zero-order valence-electron chi connectivity index (χ0n) is 10.3. The number of hydrogen-bond donors (Lipinski definition) is 1. The zero-order chi connectivity index (χ0) is 15.6. The lowest BCUT2D eigenvalue weighted by atomic mass is 10.3. The predicted octanol–water partition coefficient (Wildman–Crippen LogP) is 3.19. The topological polar surface area (TPSA) is 89.3 Å². The summed E-state index contributed by atoms with van der Waals surface area (Å²) in [5, 5.41) is 11.1. The maximum absolute atomic E-state index is 13.2. The summed E-state index contributed by atoms with van der Waals surface area (Å²) in [7, 11) is -4.06. The fourth-order valence-corrected chi connectivity index (χ4v) is 2.74. The van der Waals surface area contributed by atoms with Crippen LogP contribution in [0.4, 0.5) is 15.8 Å². The summed E-state index contributed by atoms with van der Waals surface area (Å²) in [5.74, 6) is -1.11. The quantitative estimate of drug-likeness (QED) is 0.688. The molecule has 0 saturated heterocycles. The molecule has 2 aromatic rings. The van der Waals surface area contributed by atoms with Crippen molar-refractivity contribution in [3.8, 4) is 0 Å². The van der Waals surface area contributed by atoms with Crippen molar-refractivity contribution in [2.75, 3.05) is 4.72 Å². The Balaban J connectivity index is 2.38. The summed E-state index contributed by atoms with van der Waals surface area (Å²) in [4.78, 5) is 9.23. The standard InChI is InChI=1S/C12H8ClFN2O4S/c13-8-1-3-9(4-2-8)15-21(19,20)10-5-6-11(14)12(7-10)16(17)18/h1-7,15H. The van der Waals surface area contributed by atoms with Crippen molar-refractivity contribution in [3.63, 3.8) is 0 Å². The van der Waals surface area contributed by atoms with Gasteiger partial charge in [-0.3, -0.25) is 14.8 Å². The van der Waals surface area contributed by atoms with Crippen LogP contribution in [-0.4, -0.2) is 13.3 Å². The minimum Gasteiger partial charge on any atom is -0.280 e. The highest BCUT2D eigenvalue weighted by molar-refractivity contribution is 7.92. The average molecular weight is 331 g/mol. The molecule has 0 radical (unpaired) electrons. The van der Waals surface area contributed by atoms with Gasteiger partial charge in [-0.15, -0.1) is 0 Å². The van der Waals surface area contributed by atoms with Gasteiger partial charge < -0.3 is 0 Å². The average Bonchev–Trinajstić information content (AvgIpc) is 2.41. The summed E-state index contributed by atoms with van der Waals surface area (Å²) in [6.07, 6.45) is 0. The Bertz CT molecular complexity index is 793. The number of anilines is 1. The third-order valence-corrected chi connectivity index (χ3v) is 4.15. The van der Waals surface area contributed by atoms with Gasteiger partial charge in [0.05, 0.1) is 9.82 Å². The van der Waals surface area contributed by atoms with Crippen LogP contribution in [0.15, 0.2) is 47.4 Å². The molecule has 0 heterocycles. The van der Waals surface area contributed by atoms with Gasteiger partial charge in [-0.05, 0) is 36.4 Å². The molecule has 0 spiro atoms. The second kappa shape index (κ2) is 5.66. The zero-order valence-corrected chi connectivity index (χ0v) is 11.9. The normalized spacial score (nSPS) is 11.1. The Morgan fingerprint density at radius 3 is 2.33 bits per heavy atom. The van der Waals surface area contributed by atoms with E-state index in [1.807, 2.05) is 0 Å². The van der Waals surface area contributed by atoms with Crippen molar-refractivity contribution in [1.82, 2.24) is 0 Å². The molecule has 0 saturated carbocycles. The largest absolute Gasteiger partial charge is 0.306 e. The summed E-state index contributed by atoms with van der Waals surface area (Å²) in [5.41, 5.74) is -0.680. The van der Waals surface area contributed by atoms with Crippen molar-refractivity contribution < 1.29 is 17.7 Å². The van der Waals surface area contributed by atoms with Gasteiger partial charge in [0.15, 0.2) is 0 Å². The van der Waals surface area contributed by atoms with E-state index in [1.165, 1.54) is 24.3 Å². The van der Waals surface area contributed by atoms with Crippen LogP contribution >= 0.6 is 11.6 Å². The van der Waals surface area contributed by atoms with E-state index in [2.05, 4.69) is 4.72 Å². The Kier molecular flexibility index (Phi) is 4.10. The van der Waals surface area contributed by atoms with Gasteiger partial charge in [0.1, 0.15) is 0 Å². The Morgan fingerprint density at radius 2 is 1.76 bits per heavy atom. The molecular formula is C12H8ClFN2O4S. The lowest BCUT2D eigenvalue weighted by molar-refractivity contribution is -0.387. The molecule has 6 nitrogen and oxygen atoms in total. The molecule has 0 bridgehead atoms. The number of hydrogen-bond acceptors (Lipinski definition) is 4. The monoisotopic (exact) mass is 330 g/mol. The Hall–Kier alpha value is -2.19. The highest BCUT2D eigenvalue weighted by atomic mass is 35.5. The molecule has 110 valence electrons. The van der Waals surface area contributed by atoms with Gasteiger partial charge in [0.2, 0.25) is 5.82 Å². The third kappa shape index (κ3) is 3.47. The smallest absolute Gasteiger partial charge is 0.280 e. The molecule has 21 heavy (non-hydrogen) atoms. The molecule has 0 amide bonds. The molecular weight excluding hydrogens is 323 g/mol. The van der Waals surface area contributed by atoms with Crippen LogP contribution in [-0.2, 0) is 10.0 Å². The molecule has 0 unspecified atom stereocenters. The first-order valence-corrected chi connectivity index (χ1v) is 7.38. The van der Waals surface area contributed by atoms with Crippen LogP contribution in [0.5, 0.6) is 0 Å². The van der Waals surface area contributed by atoms with E-state index in [1.54, 1.807) is 0 Å². The second-order valence-corrected chi connectivity index (χ2v) is 6.10. The van der Waals surface area contributed by atoms with Crippen LogP contribution < -0.4 is 4.72 Å². The maximum Gasteiger partial charge on any atom is 0.306 e. The van der Waals surface area contributed by atoms with Crippen molar-refractivity contribution in [3.05, 3.63) is 63.4 Å². The SMILES string of the molecule is O=[N+]([O-])c1cc(S(=O)(=O)Nc2ccc(Cl)cc2)ccc1F. The molecule has 2 rings (SSSR count). The molecule has 9 heteroatoms. The number of rotatable bonds is 4. The fourth-order valence-electron chi connectivity index (χ4n) is 1.53. The molecule has 0 aliphatic carbocycles. The maximum atomic E-state index is 13.2. The van der Waals surface area contributed by atoms with Crippen molar-refractivity contribution in [1.29, 1.82) is 0 Å². The molecule has 0 fully saturated rings. The van der Waals surface area contributed by atoms with Gasteiger partial charge >= 0.3 is 5.69 Å². The lowest BCUT2D eigenvalue weighted by Gasteiger charge is -2.08. The van der Waals surface area contributed by atoms with Crippen LogP contribution in [0.25, 0.3) is 0 Å². The van der Waals surface area contributed by atoms with Crippen molar-refractivity contribution >= 4 is 33.0 Å². The van der Waals surface area contributed by atoms with Crippen molar-refractivity contribution in [2.45, 2.75) is 4.90 Å². The molecule has 1 N–H and O–H groups in total. The first kappa shape index (κ1) is 15.2. The summed E-state index contributed by atoms with van der Waals surface area (Å²) in [6.45, 7) is 0. The van der Waals surface area contributed by atoms with Crippen LogP contribution in [0.2, 0.25) is 5.02 Å². The molecule has 0 aliphatic rings. The molecule has 0 atom stereocenters. The summed E-state index contributed by atoms with van der Waals surface area (Å²) in [6, 6.07) is 8.15. The summed E-state index contributed by atoms with van der Waals surface area (Å²) >= 11 is 5.68. The van der Waals surface area contributed by atoms with E-state index < -0.39 is 31.3 Å². The first-order valence-electron chi connectivity index (χ1n) is 5.52. The van der Waals surface area contributed by atoms with Gasteiger partial charge in [-0.1, -0.05) is 11.6 Å². The molecule has 0 aromatic heterocycles. The Morgan fingerprint density at radius 1 is 1.14 bits per heavy atom. The van der Waals surface area contributed by atoms with Crippen LogP contribution in [0.3, 0.4) is 0 Å². The van der Waals surface area contributed by atoms with E-state index in [0.29, 0.717) is 11.1 Å². The highest BCUT2D eigenvalue weighted by Crippen LogP contribution is 2.23. The third-order valence-electron chi connectivity index (χ3n) is 2.52. The predicted molar refractivity (Wildman–Crippen MR) is 75.3 cm³/mol. The van der Waals surface area contributed by atoms with E-state index in [-0.39, 0.29) is 5.69 Å². The second-order valence-electron chi connectivity index (χ2n) is 3.98. The number of nitro groups is 1. The number of halogens is 2. The van der Waals surface area contributed by atoms with Crippen LogP contribution in [0.1, 0.15) is 0 Å². The summed E-state index contributed by atoms with van der Waals surface area (Å²) < 4.78 is 39.6. The van der Waals surface area contributed by atoms with E-state index in [4.69, 9.17) is 11.6 Å². The van der Waals surface area contributed by atoms with E-state index in [0.717, 1.165) is 12.1 Å². The fraction of sp³-hybridized carbons (Fsp3) is 0. The Labute approximate surface area is 124 Å². The van der Waals surface area contributed by atoms with Gasteiger partial charge in [-0.2, -0.15) is 4.39 Å².